The van der Waals surface area contributed by atoms with Gasteiger partial charge in [0.1, 0.15) is 5.57 Å². The molecule has 9 nitrogen and oxygen atoms in total. The molecule has 10 heteroatoms. The number of imide groups is 2. The summed E-state index contributed by atoms with van der Waals surface area (Å²) in [7, 11) is 0. The molecule has 4 aliphatic carbocycles. The SMILES string of the molecule is CCOc1cc(/C=C2\C(=O)NC(=O)N(c3ccc(C45CC6CC(CC(C6)C4)C5)cc3)C2=O)cc(I)c1OCC(=O)Nc1ccccc1. The number of anilines is 2. The Balaban J connectivity index is 1.10. The summed E-state index contributed by atoms with van der Waals surface area (Å²) in [5.74, 6) is 1.34. The van der Waals surface area contributed by atoms with E-state index in [0.29, 0.717) is 38.6 Å². The number of para-hydroxylation sites is 1. The summed E-state index contributed by atoms with van der Waals surface area (Å²) in [5.41, 5.74) is 2.88. The van der Waals surface area contributed by atoms with Crippen LogP contribution in [0, 0.1) is 21.3 Å². The van der Waals surface area contributed by atoms with Crippen LogP contribution in [-0.4, -0.2) is 37.0 Å². The molecule has 4 saturated carbocycles. The van der Waals surface area contributed by atoms with Crippen LogP contribution < -0.4 is 25.0 Å². The molecule has 0 atom stereocenters. The summed E-state index contributed by atoms with van der Waals surface area (Å²) < 4.78 is 12.3. The largest absolute Gasteiger partial charge is 0.490 e. The number of urea groups is 1. The highest BCUT2D eigenvalue weighted by atomic mass is 127. The summed E-state index contributed by atoms with van der Waals surface area (Å²) in [5, 5.41) is 5.11. The highest BCUT2D eigenvalue weighted by Gasteiger charge is 2.51. The van der Waals surface area contributed by atoms with Crippen molar-refractivity contribution in [3.63, 3.8) is 0 Å². The number of barbiturate groups is 1. The number of benzene rings is 3. The van der Waals surface area contributed by atoms with E-state index in [-0.39, 0.29) is 23.5 Å². The van der Waals surface area contributed by atoms with Crippen LogP contribution in [-0.2, 0) is 19.8 Å². The first-order valence-corrected chi connectivity index (χ1v) is 17.3. The number of halogens is 1. The Morgan fingerprint density at radius 1 is 0.957 bits per heavy atom. The van der Waals surface area contributed by atoms with Gasteiger partial charge in [0, 0.05) is 5.69 Å². The summed E-state index contributed by atoms with van der Waals surface area (Å²) in [6, 6.07) is 19.5. The number of ether oxygens (including phenoxy) is 2. The van der Waals surface area contributed by atoms with Crippen LogP contribution in [0.1, 0.15) is 56.6 Å². The Bertz CT molecular complexity index is 1740. The molecule has 0 radical (unpaired) electrons. The molecule has 5 aliphatic rings. The normalized spacial score (nSPS) is 25.6. The van der Waals surface area contributed by atoms with E-state index < -0.39 is 17.8 Å². The molecule has 1 saturated heterocycles. The number of nitrogens with one attached hydrogen (secondary N) is 2. The van der Waals surface area contributed by atoms with Crippen molar-refractivity contribution < 1.29 is 28.7 Å². The fraction of sp³-hybridized carbons (Fsp3) is 0.351. The van der Waals surface area contributed by atoms with Crippen LogP contribution in [0.25, 0.3) is 6.08 Å². The van der Waals surface area contributed by atoms with E-state index in [9.17, 15) is 19.2 Å². The number of hydrogen-bond acceptors (Lipinski definition) is 6. The number of carbonyl (C=O) groups excluding carboxylic acids is 4. The third-order valence-corrected chi connectivity index (χ3v) is 10.7. The predicted molar refractivity (Wildman–Crippen MR) is 186 cm³/mol. The maximum Gasteiger partial charge on any atom is 0.335 e. The smallest absolute Gasteiger partial charge is 0.335 e. The zero-order valence-corrected chi connectivity index (χ0v) is 28.2. The molecule has 1 heterocycles. The molecule has 0 unspecified atom stereocenters. The zero-order chi connectivity index (χ0) is 32.7. The first-order chi connectivity index (χ1) is 22.7. The maximum absolute atomic E-state index is 13.7. The van der Waals surface area contributed by atoms with Gasteiger partial charge in [-0.05, 0) is 145 Å². The van der Waals surface area contributed by atoms with Crippen molar-refractivity contribution in [1.82, 2.24) is 5.32 Å². The van der Waals surface area contributed by atoms with Crippen molar-refractivity contribution in [3.05, 3.63) is 87.0 Å². The molecule has 5 amide bonds. The minimum atomic E-state index is -0.776. The van der Waals surface area contributed by atoms with Gasteiger partial charge in [0.05, 0.1) is 15.9 Å². The van der Waals surface area contributed by atoms with Crippen LogP contribution >= 0.6 is 22.6 Å². The molecule has 3 aromatic rings. The first kappa shape index (κ1) is 31.4. The van der Waals surface area contributed by atoms with E-state index in [1.54, 1.807) is 24.3 Å². The Morgan fingerprint density at radius 2 is 1.62 bits per heavy atom. The maximum atomic E-state index is 13.7. The number of hydrogen-bond donors (Lipinski definition) is 2. The van der Waals surface area contributed by atoms with Gasteiger partial charge in [-0.3, -0.25) is 19.7 Å². The molecule has 1 aliphatic heterocycles. The van der Waals surface area contributed by atoms with E-state index in [1.165, 1.54) is 50.2 Å². The van der Waals surface area contributed by atoms with Crippen LogP contribution in [0.5, 0.6) is 11.5 Å². The molecular formula is C37H36IN3O6. The lowest BCUT2D eigenvalue weighted by Gasteiger charge is -2.57. The van der Waals surface area contributed by atoms with Crippen molar-refractivity contribution in [2.45, 2.75) is 50.9 Å². The first-order valence-electron chi connectivity index (χ1n) is 16.2. The average molecular weight is 746 g/mol. The van der Waals surface area contributed by atoms with E-state index in [1.807, 2.05) is 37.3 Å². The summed E-state index contributed by atoms with van der Waals surface area (Å²) >= 11 is 2.06. The molecule has 4 bridgehead atoms. The number of carbonyl (C=O) groups is 4. The molecule has 0 aromatic heterocycles. The van der Waals surface area contributed by atoms with Crippen molar-refractivity contribution in [1.29, 1.82) is 0 Å². The van der Waals surface area contributed by atoms with Crippen LogP contribution in [0.4, 0.5) is 16.2 Å². The lowest BCUT2D eigenvalue weighted by molar-refractivity contribution is -0.122. The topological polar surface area (TPSA) is 114 Å². The van der Waals surface area contributed by atoms with Gasteiger partial charge in [-0.2, -0.15) is 0 Å². The van der Waals surface area contributed by atoms with Gasteiger partial charge in [0.25, 0.3) is 17.7 Å². The van der Waals surface area contributed by atoms with E-state index in [0.717, 1.165) is 22.7 Å². The van der Waals surface area contributed by atoms with E-state index >= 15 is 0 Å². The number of amides is 5. The van der Waals surface area contributed by atoms with E-state index in [4.69, 9.17) is 9.47 Å². The van der Waals surface area contributed by atoms with Gasteiger partial charge in [-0.15, -0.1) is 0 Å². The van der Waals surface area contributed by atoms with Gasteiger partial charge in [0.2, 0.25) is 0 Å². The molecule has 5 fully saturated rings. The highest BCUT2D eigenvalue weighted by molar-refractivity contribution is 14.1. The second-order valence-electron chi connectivity index (χ2n) is 13.2. The molecule has 3 aromatic carbocycles. The quantitative estimate of drug-likeness (QED) is 0.141. The number of rotatable bonds is 9. The standard InChI is InChI=1S/C37H36IN3O6/c1-2-46-31-17-22(16-30(38)33(31)47-21-32(42)39-27-6-4-3-5-7-27)15-29-34(43)40-36(45)41(35(29)44)28-10-8-26(9-11-28)37-18-23-12-24(19-37)14-25(13-23)20-37/h3-11,15-17,23-25H,2,12-14,18-21H2,1H3,(H,39,42)(H,40,43,45)/b29-15+. The van der Waals surface area contributed by atoms with Gasteiger partial charge < -0.3 is 14.8 Å². The molecule has 47 heavy (non-hydrogen) atoms. The summed E-state index contributed by atoms with van der Waals surface area (Å²) in [6.45, 7) is 1.90. The lowest BCUT2D eigenvalue weighted by Crippen LogP contribution is -2.54. The minimum Gasteiger partial charge on any atom is -0.490 e. The molecule has 2 N–H and O–H groups in total. The Hall–Kier alpha value is -4.19. The molecule has 8 rings (SSSR count). The molecular weight excluding hydrogens is 709 g/mol. The zero-order valence-electron chi connectivity index (χ0n) is 26.1. The predicted octanol–water partition coefficient (Wildman–Crippen LogP) is 6.84. The Labute approximate surface area is 287 Å². The Morgan fingerprint density at radius 3 is 2.26 bits per heavy atom. The van der Waals surface area contributed by atoms with E-state index in [2.05, 4.69) is 45.4 Å². The lowest BCUT2D eigenvalue weighted by atomic mass is 9.48. The van der Waals surface area contributed by atoms with Gasteiger partial charge in [0.15, 0.2) is 18.1 Å². The van der Waals surface area contributed by atoms with Crippen LogP contribution in [0.15, 0.2) is 72.3 Å². The summed E-state index contributed by atoms with van der Waals surface area (Å²) in [6.07, 6.45) is 9.17. The monoisotopic (exact) mass is 745 g/mol. The van der Waals surface area contributed by atoms with Crippen molar-refractivity contribution >= 4 is 63.8 Å². The third kappa shape index (κ3) is 6.27. The second kappa shape index (κ2) is 12.8. The molecule has 242 valence electrons. The molecule has 0 spiro atoms. The summed E-state index contributed by atoms with van der Waals surface area (Å²) in [4.78, 5) is 53.2. The highest BCUT2D eigenvalue weighted by Crippen LogP contribution is 2.60. The number of nitrogens with zero attached hydrogens (tertiary/aromatic N) is 1. The fourth-order valence-electron chi connectivity index (χ4n) is 8.42. The van der Waals surface area contributed by atoms with Gasteiger partial charge in [-0.1, -0.05) is 30.3 Å². The van der Waals surface area contributed by atoms with Crippen LogP contribution in [0.2, 0.25) is 0 Å². The van der Waals surface area contributed by atoms with Gasteiger partial charge >= 0.3 is 6.03 Å². The minimum absolute atomic E-state index is 0.177. The van der Waals surface area contributed by atoms with Crippen molar-refractivity contribution in [2.24, 2.45) is 17.8 Å². The Kier molecular flexibility index (Phi) is 8.54. The van der Waals surface area contributed by atoms with Crippen molar-refractivity contribution in [3.8, 4) is 11.5 Å². The fourth-order valence-corrected chi connectivity index (χ4v) is 9.20. The third-order valence-electron chi connectivity index (χ3n) is 9.93. The van der Waals surface area contributed by atoms with Gasteiger partial charge in [-0.25, -0.2) is 9.69 Å². The van der Waals surface area contributed by atoms with Crippen molar-refractivity contribution in [2.75, 3.05) is 23.4 Å². The van der Waals surface area contributed by atoms with Crippen LogP contribution in [0.3, 0.4) is 0 Å². The second-order valence-corrected chi connectivity index (χ2v) is 14.3. The average Bonchev–Trinajstić information content (AvgIpc) is 3.03.